The van der Waals surface area contributed by atoms with E-state index in [1.165, 1.54) is 0 Å². The van der Waals surface area contributed by atoms with Crippen LogP contribution in [0.25, 0.3) is 0 Å². The third-order valence-electron chi connectivity index (χ3n) is 2.44. The van der Waals surface area contributed by atoms with Crippen LogP contribution in [0.3, 0.4) is 0 Å². The van der Waals surface area contributed by atoms with Crippen LogP contribution in [0.2, 0.25) is 0 Å². The number of aromatic nitrogens is 1. The Morgan fingerprint density at radius 3 is 2.79 bits per heavy atom. The Bertz CT molecular complexity index is 382. The van der Waals surface area contributed by atoms with Gasteiger partial charge in [0.2, 0.25) is 0 Å². The van der Waals surface area contributed by atoms with Crippen molar-refractivity contribution in [3.8, 4) is 6.07 Å². The number of nitriles is 1. The number of hydrogen-bond donors (Lipinski definition) is 0. The van der Waals surface area contributed by atoms with Crippen molar-refractivity contribution in [3.63, 3.8) is 0 Å². The smallest absolute Gasteiger partial charge is 0.129 e. The van der Waals surface area contributed by atoms with Crippen molar-refractivity contribution in [1.29, 1.82) is 5.26 Å². The van der Waals surface area contributed by atoms with Gasteiger partial charge in [-0.1, -0.05) is 13.8 Å². The molecule has 1 saturated heterocycles. The number of rotatable bonds is 1. The molecule has 0 aliphatic carbocycles. The standard InChI is InChI=1S/C11H13N3/c1-11(2)7-14(8-11)10-5-9(6-12)3-4-13-10/h3-5H,7-8H2,1-2H3. The van der Waals surface area contributed by atoms with Gasteiger partial charge >= 0.3 is 0 Å². The van der Waals surface area contributed by atoms with Crippen LogP contribution < -0.4 is 4.90 Å². The largest absolute Gasteiger partial charge is 0.355 e. The minimum atomic E-state index is 0.393. The van der Waals surface area contributed by atoms with Crippen LogP contribution in [0.4, 0.5) is 5.82 Å². The molecule has 2 heterocycles. The first-order chi connectivity index (χ1) is 6.61. The first kappa shape index (κ1) is 9.01. The van der Waals surface area contributed by atoms with Gasteiger partial charge in [0.25, 0.3) is 0 Å². The minimum Gasteiger partial charge on any atom is -0.355 e. The molecule has 2 rings (SSSR count). The zero-order chi connectivity index (χ0) is 10.2. The monoisotopic (exact) mass is 187 g/mol. The fourth-order valence-corrected chi connectivity index (χ4v) is 1.81. The Morgan fingerprint density at radius 1 is 1.50 bits per heavy atom. The molecule has 3 nitrogen and oxygen atoms in total. The molecule has 1 aliphatic rings. The summed E-state index contributed by atoms with van der Waals surface area (Å²) in [4.78, 5) is 6.44. The number of anilines is 1. The molecule has 1 aromatic heterocycles. The molecule has 0 amide bonds. The Balaban J connectivity index is 2.16. The van der Waals surface area contributed by atoms with Crippen molar-refractivity contribution in [2.24, 2.45) is 5.41 Å². The SMILES string of the molecule is CC1(C)CN(c2cc(C#N)ccn2)C1. The predicted molar refractivity (Wildman–Crippen MR) is 54.9 cm³/mol. The molecule has 0 N–H and O–H groups in total. The Labute approximate surface area is 84.0 Å². The van der Waals surface area contributed by atoms with Crippen LogP contribution in [-0.4, -0.2) is 18.1 Å². The maximum Gasteiger partial charge on any atom is 0.129 e. The summed E-state index contributed by atoms with van der Waals surface area (Å²) in [5.41, 5.74) is 1.07. The lowest BCUT2D eigenvalue weighted by atomic mass is 9.84. The molecule has 14 heavy (non-hydrogen) atoms. The van der Waals surface area contributed by atoms with Gasteiger partial charge in [-0.3, -0.25) is 0 Å². The van der Waals surface area contributed by atoms with Crippen LogP contribution in [0.1, 0.15) is 19.4 Å². The van der Waals surface area contributed by atoms with Gasteiger partial charge in [0, 0.05) is 19.3 Å². The maximum absolute atomic E-state index is 8.74. The lowest BCUT2D eigenvalue weighted by molar-refractivity contribution is 0.274. The Morgan fingerprint density at radius 2 is 2.21 bits per heavy atom. The molecule has 0 unspecified atom stereocenters. The fourth-order valence-electron chi connectivity index (χ4n) is 1.81. The predicted octanol–water partition coefficient (Wildman–Crippen LogP) is 1.80. The molecule has 0 radical (unpaired) electrons. The molecule has 0 bridgehead atoms. The zero-order valence-corrected chi connectivity index (χ0v) is 8.49. The highest BCUT2D eigenvalue weighted by molar-refractivity contribution is 5.47. The van der Waals surface area contributed by atoms with E-state index >= 15 is 0 Å². The average molecular weight is 187 g/mol. The van der Waals surface area contributed by atoms with Crippen molar-refractivity contribution in [3.05, 3.63) is 23.9 Å². The van der Waals surface area contributed by atoms with Gasteiger partial charge in [-0.15, -0.1) is 0 Å². The highest BCUT2D eigenvalue weighted by Crippen LogP contribution is 2.32. The summed E-state index contributed by atoms with van der Waals surface area (Å²) in [7, 11) is 0. The molecule has 1 fully saturated rings. The summed E-state index contributed by atoms with van der Waals surface area (Å²) < 4.78 is 0. The van der Waals surface area contributed by atoms with E-state index in [-0.39, 0.29) is 0 Å². The highest BCUT2D eigenvalue weighted by Gasteiger charge is 2.34. The first-order valence-corrected chi connectivity index (χ1v) is 4.72. The summed E-state index contributed by atoms with van der Waals surface area (Å²) in [5.74, 6) is 0.920. The minimum absolute atomic E-state index is 0.393. The van der Waals surface area contributed by atoms with E-state index in [1.807, 2.05) is 6.07 Å². The Kier molecular flexibility index (Phi) is 1.92. The van der Waals surface area contributed by atoms with Crippen molar-refractivity contribution in [2.45, 2.75) is 13.8 Å². The molecule has 0 saturated carbocycles. The van der Waals surface area contributed by atoms with Gasteiger partial charge in [-0.25, -0.2) is 4.98 Å². The number of nitrogens with zero attached hydrogens (tertiary/aromatic N) is 3. The van der Waals surface area contributed by atoms with Gasteiger partial charge in [-0.05, 0) is 17.5 Å². The summed E-state index contributed by atoms with van der Waals surface area (Å²) in [6.45, 7) is 6.51. The molecule has 0 atom stereocenters. The van der Waals surface area contributed by atoms with E-state index in [0.717, 1.165) is 18.9 Å². The lowest BCUT2D eigenvalue weighted by Gasteiger charge is -2.46. The summed E-state index contributed by atoms with van der Waals surface area (Å²) in [5, 5.41) is 8.74. The second kappa shape index (κ2) is 2.98. The quantitative estimate of drug-likeness (QED) is 0.673. The van der Waals surface area contributed by atoms with Crippen LogP contribution in [0.5, 0.6) is 0 Å². The molecule has 0 aromatic carbocycles. The van der Waals surface area contributed by atoms with E-state index in [0.29, 0.717) is 11.0 Å². The summed E-state index contributed by atoms with van der Waals surface area (Å²) in [6, 6.07) is 5.70. The molecule has 1 aromatic rings. The maximum atomic E-state index is 8.74. The van der Waals surface area contributed by atoms with E-state index in [9.17, 15) is 0 Å². The average Bonchev–Trinajstić information content (AvgIpc) is 2.14. The van der Waals surface area contributed by atoms with Gasteiger partial charge in [0.15, 0.2) is 0 Å². The van der Waals surface area contributed by atoms with Crippen molar-refractivity contribution in [2.75, 3.05) is 18.0 Å². The van der Waals surface area contributed by atoms with Crippen LogP contribution in [0.15, 0.2) is 18.3 Å². The number of pyridine rings is 1. The molecule has 0 spiro atoms. The van der Waals surface area contributed by atoms with E-state index in [2.05, 4.69) is 29.8 Å². The summed E-state index contributed by atoms with van der Waals surface area (Å²) >= 11 is 0. The third-order valence-corrected chi connectivity index (χ3v) is 2.44. The van der Waals surface area contributed by atoms with E-state index in [1.54, 1.807) is 12.3 Å². The van der Waals surface area contributed by atoms with Crippen LogP contribution >= 0.6 is 0 Å². The van der Waals surface area contributed by atoms with Gasteiger partial charge in [0.05, 0.1) is 11.6 Å². The molecular formula is C11H13N3. The second-order valence-corrected chi connectivity index (χ2v) is 4.53. The summed E-state index contributed by atoms with van der Waals surface area (Å²) in [6.07, 6.45) is 1.69. The van der Waals surface area contributed by atoms with Gasteiger partial charge in [0.1, 0.15) is 5.82 Å². The molecular weight excluding hydrogens is 174 g/mol. The van der Waals surface area contributed by atoms with Crippen molar-refractivity contribution >= 4 is 5.82 Å². The van der Waals surface area contributed by atoms with Crippen LogP contribution in [-0.2, 0) is 0 Å². The van der Waals surface area contributed by atoms with Gasteiger partial charge in [-0.2, -0.15) is 5.26 Å². The van der Waals surface area contributed by atoms with Gasteiger partial charge < -0.3 is 4.90 Å². The Hall–Kier alpha value is -1.56. The third kappa shape index (κ3) is 1.56. The van der Waals surface area contributed by atoms with Crippen molar-refractivity contribution < 1.29 is 0 Å². The van der Waals surface area contributed by atoms with E-state index < -0.39 is 0 Å². The second-order valence-electron chi connectivity index (χ2n) is 4.53. The first-order valence-electron chi connectivity index (χ1n) is 4.72. The molecule has 3 heteroatoms. The van der Waals surface area contributed by atoms with Crippen LogP contribution in [0, 0.1) is 16.7 Å². The fraction of sp³-hybridized carbons (Fsp3) is 0.455. The lowest BCUT2D eigenvalue weighted by Crippen LogP contribution is -2.53. The van der Waals surface area contributed by atoms with Crippen molar-refractivity contribution in [1.82, 2.24) is 4.98 Å². The molecule has 1 aliphatic heterocycles. The normalized spacial score (nSPS) is 18.5. The molecule has 72 valence electrons. The highest BCUT2D eigenvalue weighted by atomic mass is 15.2. The van der Waals surface area contributed by atoms with E-state index in [4.69, 9.17) is 5.26 Å². The zero-order valence-electron chi connectivity index (χ0n) is 8.49. The topological polar surface area (TPSA) is 39.9 Å². The number of hydrogen-bond acceptors (Lipinski definition) is 3.